The number of piperidine rings is 1. The van der Waals surface area contributed by atoms with Gasteiger partial charge in [0.1, 0.15) is 11.9 Å². The molecule has 3 aromatic rings. The third-order valence-electron chi connectivity index (χ3n) is 10.6. The molecule has 244 valence electrons. The number of amides is 1. The highest BCUT2D eigenvalue weighted by molar-refractivity contribution is 5.92. The van der Waals surface area contributed by atoms with E-state index in [2.05, 4.69) is 15.7 Å². The Bertz CT molecular complexity index is 1780. The zero-order valence-electron chi connectivity index (χ0n) is 25.7. The summed E-state index contributed by atoms with van der Waals surface area (Å²) in [6.45, 7) is 0.582. The first-order chi connectivity index (χ1) is 22.4. The Morgan fingerprint density at radius 1 is 1.19 bits per heavy atom. The van der Waals surface area contributed by atoms with Crippen molar-refractivity contribution in [2.75, 3.05) is 13.6 Å². The topological polar surface area (TPSA) is 106 Å². The van der Waals surface area contributed by atoms with Crippen LogP contribution in [0.25, 0.3) is 6.08 Å². The molecule has 2 aliphatic carbocycles. The van der Waals surface area contributed by atoms with Gasteiger partial charge in [-0.1, -0.05) is 48.5 Å². The molecule has 6 atom stereocenters. The number of carbonyl (C=O) groups excluding carboxylic acids is 1. The van der Waals surface area contributed by atoms with Crippen LogP contribution in [0.3, 0.4) is 0 Å². The Labute approximate surface area is 270 Å². The minimum Gasteiger partial charge on any atom is -0.504 e. The zero-order valence-corrected chi connectivity index (χ0v) is 25.7. The first-order valence-corrected chi connectivity index (χ1v) is 15.7. The summed E-state index contributed by atoms with van der Waals surface area (Å²) in [7, 11) is 1.63. The maximum Gasteiger partial charge on any atom is 0.573 e. The van der Waals surface area contributed by atoms with E-state index in [9.17, 15) is 33.4 Å². The fraction of sp³-hybridized carbons (Fsp3) is 0.389. The van der Waals surface area contributed by atoms with Crippen LogP contribution in [0, 0.1) is 11.3 Å². The Morgan fingerprint density at radius 3 is 2.72 bits per heavy atom. The van der Waals surface area contributed by atoms with E-state index in [-0.39, 0.29) is 18.2 Å². The average Bonchev–Trinajstić information content (AvgIpc) is 3.39. The van der Waals surface area contributed by atoms with Crippen LogP contribution in [0.15, 0.2) is 72.8 Å². The largest absolute Gasteiger partial charge is 0.573 e. The molecule has 0 aromatic heterocycles. The highest BCUT2D eigenvalue weighted by Crippen LogP contribution is 2.66. The quantitative estimate of drug-likeness (QED) is 0.344. The third-order valence-corrected chi connectivity index (χ3v) is 10.6. The summed E-state index contributed by atoms with van der Waals surface area (Å²) >= 11 is 0. The molecule has 2 fully saturated rings. The fourth-order valence-electron chi connectivity index (χ4n) is 8.63. The lowest BCUT2D eigenvalue weighted by atomic mass is 9.47. The van der Waals surface area contributed by atoms with Crippen molar-refractivity contribution >= 4 is 12.0 Å². The lowest BCUT2D eigenvalue weighted by Gasteiger charge is -2.65. The molecule has 3 aromatic carbocycles. The van der Waals surface area contributed by atoms with Gasteiger partial charge in [0.05, 0.1) is 29.2 Å². The minimum atomic E-state index is -4.84. The number of nitriles is 1. The molecule has 2 N–H and O–H groups in total. The zero-order chi connectivity index (χ0) is 33.1. The van der Waals surface area contributed by atoms with E-state index in [0.717, 1.165) is 16.7 Å². The van der Waals surface area contributed by atoms with E-state index < -0.39 is 47.2 Å². The number of alkyl halides is 3. The SMILES string of the molecule is CN(C(=O)/C=C/c1cccc(OC(F)(F)F)c1)C1CC[C@@]2(O)[C@H]3Cc4ccc(O)c5c4[C@@]2(CC(C#N)N3CCc2ccccc2)C1O5. The summed E-state index contributed by atoms with van der Waals surface area (Å²) in [6.07, 6.45) is -0.677. The van der Waals surface area contributed by atoms with E-state index >= 15 is 0 Å². The number of benzene rings is 3. The van der Waals surface area contributed by atoms with Gasteiger partial charge < -0.3 is 24.6 Å². The highest BCUT2D eigenvalue weighted by atomic mass is 19.4. The van der Waals surface area contributed by atoms with Gasteiger partial charge in [0, 0.05) is 31.3 Å². The summed E-state index contributed by atoms with van der Waals surface area (Å²) in [5.41, 5.74) is 0.826. The van der Waals surface area contributed by atoms with Crippen LogP contribution in [-0.2, 0) is 23.1 Å². The molecule has 11 heteroatoms. The van der Waals surface area contributed by atoms with Crippen LogP contribution >= 0.6 is 0 Å². The monoisotopic (exact) mass is 645 g/mol. The molecule has 47 heavy (non-hydrogen) atoms. The standard InChI is InChI=1S/C36H34F3N3O5/c1-41(30(44)13-10-23-8-5-9-26(18-23)47-36(37,38)39)27-14-16-35(45)29-19-24-11-12-28(43)32-31(24)34(35,33(27)46-32)20-25(21-40)42(29)17-15-22-6-3-2-4-7-22/h2-13,18,25,27,29,33,43,45H,14-17,19-20H2,1H3/b13-10+/t25?,27?,29-,33?,34+,35-/m1/s1. The molecule has 1 saturated heterocycles. The van der Waals surface area contributed by atoms with Gasteiger partial charge in [-0.3, -0.25) is 9.69 Å². The van der Waals surface area contributed by atoms with Gasteiger partial charge in [-0.05, 0) is 73.1 Å². The Morgan fingerprint density at radius 2 is 1.98 bits per heavy atom. The normalized spacial score (nSPS) is 29.1. The molecule has 0 radical (unpaired) electrons. The third kappa shape index (κ3) is 5.02. The number of halogens is 3. The van der Waals surface area contributed by atoms with Crippen molar-refractivity contribution in [3.05, 3.63) is 95.1 Å². The summed E-state index contributed by atoms with van der Waals surface area (Å²) in [6, 6.07) is 19.9. The number of aromatic hydroxyl groups is 1. The second kappa shape index (κ2) is 11.3. The van der Waals surface area contributed by atoms with Crippen LogP contribution in [0.5, 0.6) is 17.2 Å². The van der Waals surface area contributed by atoms with Gasteiger partial charge >= 0.3 is 6.36 Å². The summed E-state index contributed by atoms with van der Waals surface area (Å²) in [5.74, 6) is -0.564. The highest BCUT2D eigenvalue weighted by Gasteiger charge is 2.74. The van der Waals surface area contributed by atoms with Crippen LogP contribution in [0.1, 0.15) is 41.5 Å². The molecule has 1 amide bonds. The van der Waals surface area contributed by atoms with Crippen LogP contribution in [-0.4, -0.2) is 75.7 Å². The molecule has 2 heterocycles. The predicted octanol–water partition coefficient (Wildman–Crippen LogP) is 5.12. The molecule has 1 spiro atoms. The molecule has 7 rings (SSSR count). The molecule has 1 saturated carbocycles. The van der Waals surface area contributed by atoms with Crippen molar-refractivity contribution in [1.29, 1.82) is 5.26 Å². The van der Waals surface area contributed by atoms with Gasteiger partial charge in [0.15, 0.2) is 11.5 Å². The lowest BCUT2D eigenvalue weighted by Crippen LogP contribution is -2.79. The van der Waals surface area contributed by atoms with Crippen LogP contribution < -0.4 is 9.47 Å². The number of phenols is 1. The number of aliphatic hydroxyl groups is 1. The number of hydrogen-bond donors (Lipinski definition) is 2. The smallest absolute Gasteiger partial charge is 0.504 e. The van der Waals surface area contributed by atoms with Gasteiger partial charge in [-0.15, -0.1) is 13.2 Å². The van der Waals surface area contributed by atoms with E-state index in [1.165, 1.54) is 35.3 Å². The number of hydrogen-bond acceptors (Lipinski definition) is 7. The Balaban J connectivity index is 1.21. The van der Waals surface area contributed by atoms with Crippen molar-refractivity contribution < 1.29 is 37.7 Å². The van der Waals surface area contributed by atoms with Gasteiger partial charge in [-0.25, -0.2) is 0 Å². The van der Waals surface area contributed by atoms with Gasteiger partial charge in [0.2, 0.25) is 5.91 Å². The maximum absolute atomic E-state index is 13.6. The molecular weight excluding hydrogens is 611 g/mol. The summed E-state index contributed by atoms with van der Waals surface area (Å²) in [5, 5.41) is 34.3. The van der Waals surface area contributed by atoms with E-state index in [1.807, 2.05) is 36.4 Å². The van der Waals surface area contributed by atoms with E-state index in [4.69, 9.17) is 4.74 Å². The lowest BCUT2D eigenvalue weighted by molar-refractivity contribution is -0.274. The first-order valence-electron chi connectivity index (χ1n) is 15.7. The number of rotatable bonds is 7. The average molecular weight is 646 g/mol. The number of ether oxygens (including phenoxy) is 2. The summed E-state index contributed by atoms with van der Waals surface area (Å²) in [4.78, 5) is 17.2. The van der Waals surface area contributed by atoms with Crippen molar-refractivity contribution in [2.24, 2.45) is 0 Å². The van der Waals surface area contributed by atoms with Gasteiger partial charge in [-0.2, -0.15) is 5.26 Å². The van der Waals surface area contributed by atoms with Crippen LogP contribution in [0.4, 0.5) is 13.2 Å². The summed E-state index contributed by atoms with van der Waals surface area (Å²) < 4.78 is 48.7. The number of likely N-dealkylation sites (tertiary alicyclic amines) is 1. The molecule has 4 aliphatic rings. The van der Waals surface area contributed by atoms with Crippen molar-refractivity contribution in [3.63, 3.8) is 0 Å². The van der Waals surface area contributed by atoms with Crippen molar-refractivity contribution in [2.45, 2.75) is 73.7 Å². The minimum absolute atomic E-state index is 0.0538. The van der Waals surface area contributed by atoms with Crippen molar-refractivity contribution in [3.8, 4) is 23.3 Å². The number of carbonyl (C=O) groups is 1. The van der Waals surface area contributed by atoms with Gasteiger partial charge in [0.25, 0.3) is 0 Å². The maximum atomic E-state index is 13.6. The predicted molar refractivity (Wildman–Crippen MR) is 165 cm³/mol. The Hall–Kier alpha value is -4.53. The van der Waals surface area contributed by atoms with E-state index in [0.29, 0.717) is 43.5 Å². The number of likely N-dealkylation sites (N-methyl/N-ethyl adjacent to an activating group) is 1. The van der Waals surface area contributed by atoms with Crippen LogP contribution in [0.2, 0.25) is 0 Å². The Kier molecular flexibility index (Phi) is 7.49. The fourth-order valence-corrected chi connectivity index (χ4v) is 8.63. The number of phenolic OH excluding ortho intramolecular Hbond substituents is 1. The van der Waals surface area contributed by atoms with E-state index in [1.54, 1.807) is 19.2 Å². The van der Waals surface area contributed by atoms with Crippen molar-refractivity contribution in [1.82, 2.24) is 9.80 Å². The molecule has 2 aliphatic heterocycles. The molecule has 8 nitrogen and oxygen atoms in total. The number of nitrogens with zero attached hydrogens (tertiary/aromatic N) is 3. The molecular formula is C36H34F3N3O5. The molecule has 3 unspecified atom stereocenters. The first kappa shape index (κ1) is 31.1. The second-order valence-corrected chi connectivity index (χ2v) is 12.9. The molecule has 2 bridgehead atoms. The second-order valence-electron chi connectivity index (χ2n) is 12.9.